The summed E-state index contributed by atoms with van der Waals surface area (Å²) < 4.78 is 11.1. The molecule has 0 fully saturated rings. The van der Waals surface area contributed by atoms with Gasteiger partial charge in [-0.05, 0) is 44.0 Å². The van der Waals surface area contributed by atoms with Crippen LogP contribution in [0, 0.1) is 0 Å². The lowest BCUT2D eigenvalue weighted by Gasteiger charge is -2.34. The van der Waals surface area contributed by atoms with Crippen LogP contribution in [0.1, 0.15) is 43.7 Å². The van der Waals surface area contributed by atoms with Crippen molar-refractivity contribution in [3.8, 4) is 11.4 Å². The fraction of sp³-hybridized carbons (Fsp3) is 0.348. The molecule has 2 aromatic carbocycles. The van der Waals surface area contributed by atoms with Crippen molar-refractivity contribution in [1.82, 2.24) is 15.0 Å². The lowest BCUT2D eigenvalue weighted by atomic mass is 9.89. The van der Waals surface area contributed by atoms with Gasteiger partial charge in [0.1, 0.15) is 5.60 Å². The summed E-state index contributed by atoms with van der Waals surface area (Å²) in [6.45, 7) is 7.32. The summed E-state index contributed by atoms with van der Waals surface area (Å²) in [5, 5.41) is 4.69. The molecule has 0 bridgehead atoms. The average Bonchev–Trinajstić information content (AvgIpc) is 3.14. The second-order valence-corrected chi connectivity index (χ2v) is 8.91. The van der Waals surface area contributed by atoms with E-state index in [-0.39, 0.29) is 11.9 Å². The Morgan fingerprint density at radius 2 is 2.03 bits per heavy atom. The lowest BCUT2D eigenvalue weighted by Crippen LogP contribution is -2.39. The molecule has 156 valence electrons. The van der Waals surface area contributed by atoms with Crippen molar-refractivity contribution < 1.29 is 14.1 Å². The van der Waals surface area contributed by atoms with Gasteiger partial charge in [-0.15, -0.1) is 0 Å². The topological polar surface area (TPSA) is 68.5 Å². The Balaban J connectivity index is 1.54. The van der Waals surface area contributed by atoms with Crippen LogP contribution in [-0.2, 0) is 22.6 Å². The molecule has 0 saturated carbocycles. The van der Waals surface area contributed by atoms with Crippen LogP contribution in [0.15, 0.2) is 53.1 Å². The zero-order valence-electron chi connectivity index (χ0n) is 17.3. The number of rotatable bonds is 4. The zero-order valence-corrected chi connectivity index (χ0v) is 18.0. The van der Waals surface area contributed by atoms with Gasteiger partial charge in [-0.1, -0.05) is 53.2 Å². The van der Waals surface area contributed by atoms with Gasteiger partial charge in [0.05, 0.1) is 12.5 Å². The van der Waals surface area contributed by atoms with Crippen LogP contribution >= 0.6 is 11.6 Å². The number of aromatic nitrogens is 2. The first kappa shape index (κ1) is 20.6. The molecule has 0 N–H and O–H groups in total. The molecule has 7 heteroatoms. The van der Waals surface area contributed by atoms with Gasteiger partial charge in [0.15, 0.2) is 0 Å². The molecular weight excluding hydrogens is 402 g/mol. The molecule has 0 saturated heterocycles. The van der Waals surface area contributed by atoms with E-state index in [9.17, 15) is 4.79 Å². The van der Waals surface area contributed by atoms with Gasteiger partial charge in [-0.3, -0.25) is 9.69 Å². The highest BCUT2D eigenvalue weighted by atomic mass is 35.5. The highest BCUT2D eigenvalue weighted by molar-refractivity contribution is 6.30. The number of halogens is 1. The molecule has 1 atom stereocenters. The molecule has 3 aromatic rings. The van der Waals surface area contributed by atoms with Crippen molar-refractivity contribution in [1.29, 1.82) is 0 Å². The molecule has 1 aliphatic heterocycles. The highest BCUT2D eigenvalue weighted by Crippen LogP contribution is 2.31. The summed E-state index contributed by atoms with van der Waals surface area (Å²) in [7, 11) is 0. The fourth-order valence-corrected chi connectivity index (χ4v) is 3.82. The maximum atomic E-state index is 12.9. The Morgan fingerprint density at radius 3 is 2.80 bits per heavy atom. The van der Waals surface area contributed by atoms with Crippen molar-refractivity contribution in [3.63, 3.8) is 0 Å². The van der Waals surface area contributed by atoms with Crippen LogP contribution in [0.2, 0.25) is 5.02 Å². The van der Waals surface area contributed by atoms with Crippen LogP contribution < -0.4 is 0 Å². The molecule has 0 amide bonds. The number of hydrogen-bond acceptors (Lipinski definition) is 6. The summed E-state index contributed by atoms with van der Waals surface area (Å²) in [5.41, 5.74) is 2.39. The van der Waals surface area contributed by atoms with E-state index >= 15 is 0 Å². The van der Waals surface area contributed by atoms with E-state index in [0.717, 1.165) is 16.7 Å². The standard InChI is InChI=1S/C23H24ClN3O3/c1-23(2,3)29-22(28)19-13-27(12-16-7-4-5-10-18(16)19)14-20-25-21(26-30-20)15-8-6-9-17(24)11-15/h4-11,19H,12-14H2,1-3H3. The van der Waals surface area contributed by atoms with Crippen LogP contribution in [0.5, 0.6) is 0 Å². The van der Waals surface area contributed by atoms with Gasteiger partial charge in [0.2, 0.25) is 11.7 Å². The molecule has 1 aromatic heterocycles. The third-order valence-corrected chi connectivity index (χ3v) is 5.10. The Hall–Kier alpha value is -2.70. The first-order valence-electron chi connectivity index (χ1n) is 9.90. The molecule has 6 nitrogen and oxygen atoms in total. The minimum Gasteiger partial charge on any atom is -0.459 e. The van der Waals surface area contributed by atoms with Crippen LogP contribution in [0.3, 0.4) is 0 Å². The van der Waals surface area contributed by atoms with E-state index in [1.807, 2.05) is 57.2 Å². The smallest absolute Gasteiger partial charge is 0.315 e. The predicted octanol–water partition coefficient (Wildman–Crippen LogP) is 4.83. The molecular formula is C23H24ClN3O3. The van der Waals surface area contributed by atoms with Crippen molar-refractivity contribution in [2.75, 3.05) is 6.54 Å². The van der Waals surface area contributed by atoms with Gasteiger partial charge >= 0.3 is 5.97 Å². The number of carbonyl (C=O) groups excluding carboxylic acids is 1. The Bertz CT molecular complexity index is 1060. The van der Waals surface area contributed by atoms with Gasteiger partial charge in [-0.25, -0.2) is 0 Å². The monoisotopic (exact) mass is 425 g/mol. The normalized spacial score (nSPS) is 16.9. The summed E-state index contributed by atoms with van der Waals surface area (Å²) >= 11 is 6.06. The maximum Gasteiger partial charge on any atom is 0.315 e. The lowest BCUT2D eigenvalue weighted by molar-refractivity contribution is -0.157. The second kappa shape index (κ2) is 8.20. The number of hydrogen-bond donors (Lipinski definition) is 0. The molecule has 1 unspecified atom stereocenters. The summed E-state index contributed by atoms with van der Waals surface area (Å²) in [4.78, 5) is 19.5. The van der Waals surface area contributed by atoms with E-state index in [0.29, 0.717) is 36.4 Å². The Labute approximate surface area is 180 Å². The molecule has 0 spiro atoms. The minimum absolute atomic E-state index is 0.218. The third kappa shape index (κ3) is 4.71. The van der Waals surface area contributed by atoms with Gasteiger partial charge in [0.25, 0.3) is 0 Å². The number of fused-ring (bicyclic) bond motifs is 1. The maximum absolute atomic E-state index is 12.9. The van der Waals surface area contributed by atoms with Crippen molar-refractivity contribution in [3.05, 3.63) is 70.6 Å². The summed E-state index contributed by atoms with van der Waals surface area (Å²) in [6.07, 6.45) is 0. The van der Waals surface area contributed by atoms with E-state index < -0.39 is 5.60 Å². The number of nitrogens with zero attached hydrogens (tertiary/aromatic N) is 3. The molecule has 30 heavy (non-hydrogen) atoms. The van der Waals surface area contributed by atoms with Crippen molar-refractivity contribution in [2.24, 2.45) is 0 Å². The SMILES string of the molecule is CC(C)(C)OC(=O)C1CN(Cc2nc(-c3cccc(Cl)c3)no2)Cc2ccccc21. The summed E-state index contributed by atoms with van der Waals surface area (Å²) in [5.74, 6) is 0.412. The van der Waals surface area contributed by atoms with Crippen molar-refractivity contribution in [2.45, 2.75) is 45.4 Å². The van der Waals surface area contributed by atoms with Crippen LogP contribution in [0.25, 0.3) is 11.4 Å². The van der Waals surface area contributed by atoms with E-state index in [1.165, 1.54) is 0 Å². The highest BCUT2D eigenvalue weighted by Gasteiger charge is 2.34. The first-order chi connectivity index (χ1) is 14.3. The zero-order chi connectivity index (χ0) is 21.3. The van der Waals surface area contributed by atoms with E-state index in [1.54, 1.807) is 12.1 Å². The molecule has 0 radical (unpaired) electrons. The number of benzene rings is 2. The number of esters is 1. The molecule has 4 rings (SSSR count). The quantitative estimate of drug-likeness (QED) is 0.557. The summed E-state index contributed by atoms with van der Waals surface area (Å²) in [6, 6.07) is 15.3. The fourth-order valence-electron chi connectivity index (χ4n) is 3.63. The molecule has 2 heterocycles. The second-order valence-electron chi connectivity index (χ2n) is 8.48. The average molecular weight is 426 g/mol. The van der Waals surface area contributed by atoms with Crippen LogP contribution in [-0.4, -0.2) is 33.2 Å². The van der Waals surface area contributed by atoms with E-state index in [2.05, 4.69) is 15.0 Å². The number of ether oxygens (including phenoxy) is 1. The predicted molar refractivity (Wildman–Crippen MR) is 114 cm³/mol. The first-order valence-corrected chi connectivity index (χ1v) is 10.3. The Morgan fingerprint density at radius 1 is 1.23 bits per heavy atom. The minimum atomic E-state index is -0.535. The Kier molecular flexibility index (Phi) is 5.62. The van der Waals surface area contributed by atoms with Gasteiger partial charge < -0.3 is 9.26 Å². The van der Waals surface area contributed by atoms with Crippen molar-refractivity contribution >= 4 is 17.6 Å². The molecule has 1 aliphatic rings. The van der Waals surface area contributed by atoms with Crippen LogP contribution in [0.4, 0.5) is 0 Å². The number of carbonyl (C=O) groups is 1. The van der Waals surface area contributed by atoms with E-state index in [4.69, 9.17) is 20.9 Å². The third-order valence-electron chi connectivity index (χ3n) is 4.87. The van der Waals surface area contributed by atoms with Gasteiger partial charge in [0, 0.05) is 23.7 Å². The molecule has 0 aliphatic carbocycles. The largest absolute Gasteiger partial charge is 0.459 e. The van der Waals surface area contributed by atoms with Gasteiger partial charge in [-0.2, -0.15) is 4.98 Å².